The van der Waals surface area contributed by atoms with Gasteiger partial charge in [-0.25, -0.2) is 9.18 Å². The largest absolute Gasteiger partial charge is 0.488 e. The predicted octanol–water partition coefficient (Wildman–Crippen LogP) is 2.69. The van der Waals surface area contributed by atoms with Gasteiger partial charge in [-0.3, -0.25) is 0 Å². The summed E-state index contributed by atoms with van der Waals surface area (Å²) >= 11 is 0. The van der Waals surface area contributed by atoms with E-state index in [1.54, 1.807) is 18.2 Å². The first-order valence-corrected chi connectivity index (χ1v) is 5.57. The summed E-state index contributed by atoms with van der Waals surface area (Å²) in [5, 5.41) is 9.07. The van der Waals surface area contributed by atoms with E-state index in [0.717, 1.165) is 5.56 Å². The number of carbonyl (C=O) groups is 1. The Morgan fingerprint density at radius 1 is 1.21 bits per heavy atom. The van der Waals surface area contributed by atoms with E-state index < -0.39 is 5.97 Å². The number of carboxylic acids is 1. The summed E-state index contributed by atoms with van der Waals surface area (Å²) < 4.78 is 18.2. The van der Waals surface area contributed by atoms with Gasteiger partial charge in [-0.2, -0.15) is 0 Å². The molecule has 0 saturated carbocycles. The zero-order chi connectivity index (χ0) is 13.8. The molecule has 4 nitrogen and oxygen atoms in total. The first-order chi connectivity index (χ1) is 9.08. The molecule has 0 amide bonds. The molecular weight excluding hydrogens is 249 g/mol. The number of aromatic carboxylic acids is 1. The molecule has 0 aliphatic carbocycles. The van der Waals surface area contributed by atoms with E-state index >= 15 is 0 Å². The van der Waals surface area contributed by atoms with E-state index in [2.05, 4.69) is 0 Å². The maximum absolute atomic E-state index is 12.7. The van der Waals surface area contributed by atoms with E-state index in [4.69, 9.17) is 15.6 Å². The smallest absolute Gasteiger partial charge is 0.341 e. The molecule has 0 heterocycles. The van der Waals surface area contributed by atoms with Crippen LogP contribution in [0.1, 0.15) is 15.9 Å². The number of hydrogen-bond donors (Lipinski definition) is 2. The fourth-order valence-corrected chi connectivity index (χ4v) is 1.64. The first kappa shape index (κ1) is 12.9. The van der Waals surface area contributed by atoms with Crippen LogP contribution in [0.3, 0.4) is 0 Å². The molecule has 98 valence electrons. The van der Waals surface area contributed by atoms with Crippen molar-refractivity contribution in [2.75, 3.05) is 5.73 Å². The highest BCUT2D eigenvalue weighted by molar-refractivity contribution is 5.96. The minimum atomic E-state index is -1.15. The average Bonchev–Trinajstić information content (AvgIpc) is 2.37. The number of hydrogen-bond acceptors (Lipinski definition) is 3. The van der Waals surface area contributed by atoms with Gasteiger partial charge in [-0.05, 0) is 29.8 Å². The Labute approximate surface area is 109 Å². The van der Waals surface area contributed by atoms with Crippen molar-refractivity contribution in [1.29, 1.82) is 0 Å². The standard InChI is InChI=1S/C14H12FNO3/c15-10-6-4-9(5-7-10)8-19-12-3-1-2-11(16)13(12)14(17)18/h1-7H,8,16H2,(H,17,18). The zero-order valence-corrected chi connectivity index (χ0v) is 9.97. The summed E-state index contributed by atoms with van der Waals surface area (Å²) in [4.78, 5) is 11.1. The van der Waals surface area contributed by atoms with Gasteiger partial charge in [-0.1, -0.05) is 18.2 Å². The van der Waals surface area contributed by atoms with Crippen molar-refractivity contribution in [2.45, 2.75) is 6.61 Å². The third-order valence-electron chi connectivity index (χ3n) is 2.58. The molecule has 19 heavy (non-hydrogen) atoms. The van der Waals surface area contributed by atoms with Crippen LogP contribution in [0.5, 0.6) is 5.75 Å². The molecule has 2 aromatic carbocycles. The van der Waals surface area contributed by atoms with Gasteiger partial charge >= 0.3 is 5.97 Å². The lowest BCUT2D eigenvalue weighted by Gasteiger charge is -2.10. The fourth-order valence-electron chi connectivity index (χ4n) is 1.64. The van der Waals surface area contributed by atoms with E-state index in [1.165, 1.54) is 24.3 Å². The molecule has 3 N–H and O–H groups in total. The van der Waals surface area contributed by atoms with Gasteiger partial charge in [0.05, 0.1) is 0 Å². The maximum Gasteiger partial charge on any atom is 0.341 e. The minimum Gasteiger partial charge on any atom is -0.488 e. The Hall–Kier alpha value is -2.56. The van der Waals surface area contributed by atoms with E-state index in [-0.39, 0.29) is 29.4 Å². The van der Waals surface area contributed by atoms with E-state index in [9.17, 15) is 9.18 Å². The lowest BCUT2D eigenvalue weighted by molar-refractivity contribution is 0.0693. The molecule has 0 aromatic heterocycles. The maximum atomic E-state index is 12.7. The zero-order valence-electron chi connectivity index (χ0n) is 9.97. The van der Waals surface area contributed by atoms with Gasteiger partial charge in [0.25, 0.3) is 0 Å². The molecule has 0 spiro atoms. The minimum absolute atomic E-state index is 0.0652. The Morgan fingerprint density at radius 3 is 2.53 bits per heavy atom. The van der Waals surface area contributed by atoms with Crippen LogP contribution in [-0.4, -0.2) is 11.1 Å². The molecular formula is C14H12FNO3. The van der Waals surface area contributed by atoms with Gasteiger partial charge in [0.15, 0.2) is 0 Å². The summed E-state index contributed by atoms with van der Waals surface area (Å²) in [6, 6.07) is 10.4. The van der Waals surface area contributed by atoms with Crippen LogP contribution in [0, 0.1) is 5.82 Å². The predicted molar refractivity (Wildman–Crippen MR) is 68.5 cm³/mol. The van der Waals surface area contributed by atoms with Crippen LogP contribution in [-0.2, 0) is 6.61 Å². The average molecular weight is 261 g/mol. The van der Waals surface area contributed by atoms with Crippen molar-refractivity contribution in [1.82, 2.24) is 0 Å². The number of benzene rings is 2. The van der Waals surface area contributed by atoms with Gasteiger partial charge < -0.3 is 15.6 Å². The number of rotatable bonds is 4. The van der Waals surface area contributed by atoms with Crippen molar-refractivity contribution in [3.8, 4) is 5.75 Å². The summed E-state index contributed by atoms with van der Waals surface area (Å²) in [5.41, 5.74) is 6.41. The topological polar surface area (TPSA) is 72.5 Å². The van der Waals surface area contributed by atoms with Gasteiger partial charge in [-0.15, -0.1) is 0 Å². The highest BCUT2D eigenvalue weighted by Crippen LogP contribution is 2.25. The number of anilines is 1. The van der Waals surface area contributed by atoms with Gasteiger partial charge in [0.1, 0.15) is 23.7 Å². The van der Waals surface area contributed by atoms with Crippen molar-refractivity contribution >= 4 is 11.7 Å². The van der Waals surface area contributed by atoms with Crippen LogP contribution in [0.2, 0.25) is 0 Å². The van der Waals surface area contributed by atoms with Crippen molar-refractivity contribution in [2.24, 2.45) is 0 Å². The van der Waals surface area contributed by atoms with Gasteiger partial charge in [0, 0.05) is 5.69 Å². The third kappa shape index (κ3) is 3.01. The number of nitrogen functional groups attached to an aromatic ring is 1. The number of carboxylic acid groups (broad SMARTS) is 1. The summed E-state index contributed by atoms with van der Waals surface area (Å²) in [7, 11) is 0. The lowest BCUT2D eigenvalue weighted by atomic mass is 10.1. The summed E-state index contributed by atoms with van der Waals surface area (Å²) in [5.74, 6) is -1.29. The van der Waals surface area contributed by atoms with Crippen LogP contribution in [0.15, 0.2) is 42.5 Å². The molecule has 0 unspecified atom stereocenters. The quantitative estimate of drug-likeness (QED) is 0.830. The highest BCUT2D eigenvalue weighted by atomic mass is 19.1. The Morgan fingerprint density at radius 2 is 1.89 bits per heavy atom. The van der Waals surface area contributed by atoms with E-state index in [1.807, 2.05) is 0 Å². The molecule has 0 aliphatic rings. The summed E-state index contributed by atoms with van der Waals surface area (Å²) in [6.45, 7) is 0.143. The Kier molecular flexibility index (Phi) is 3.66. The Balaban J connectivity index is 2.18. The molecule has 0 aliphatic heterocycles. The normalized spacial score (nSPS) is 10.2. The van der Waals surface area contributed by atoms with Crippen molar-refractivity contribution in [3.63, 3.8) is 0 Å². The number of halogens is 1. The van der Waals surface area contributed by atoms with Crippen molar-refractivity contribution < 1.29 is 19.0 Å². The molecule has 0 radical (unpaired) electrons. The van der Waals surface area contributed by atoms with Gasteiger partial charge in [0.2, 0.25) is 0 Å². The monoisotopic (exact) mass is 261 g/mol. The highest BCUT2D eigenvalue weighted by Gasteiger charge is 2.14. The second-order valence-corrected chi connectivity index (χ2v) is 3.94. The molecule has 0 bridgehead atoms. The van der Waals surface area contributed by atoms with Crippen LogP contribution in [0.25, 0.3) is 0 Å². The summed E-state index contributed by atoms with van der Waals surface area (Å²) in [6.07, 6.45) is 0. The SMILES string of the molecule is Nc1cccc(OCc2ccc(F)cc2)c1C(=O)O. The Bertz CT molecular complexity index is 596. The second kappa shape index (κ2) is 5.39. The third-order valence-corrected chi connectivity index (χ3v) is 2.58. The second-order valence-electron chi connectivity index (χ2n) is 3.94. The molecule has 0 fully saturated rings. The van der Waals surface area contributed by atoms with Crippen LogP contribution in [0.4, 0.5) is 10.1 Å². The molecule has 0 saturated heterocycles. The molecule has 2 rings (SSSR count). The van der Waals surface area contributed by atoms with Crippen molar-refractivity contribution in [3.05, 3.63) is 59.4 Å². The number of nitrogens with two attached hydrogens (primary N) is 1. The number of ether oxygens (including phenoxy) is 1. The van der Waals surface area contributed by atoms with Crippen LogP contribution >= 0.6 is 0 Å². The van der Waals surface area contributed by atoms with E-state index in [0.29, 0.717) is 0 Å². The lowest BCUT2D eigenvalue weighted by Crippen LogP contribution is -2.06. The molecule has 2 aromatic rings. The van der Waals surface area contributed by atoms with Crippen LogP contribution < -0.4 is 10.5 Å². The fraction of sp³-hybridized carbons (Fsp3) is 0.0714. The first-order valence-electron chi connectivity index (χ1n) is 5.57. The molecule has 0 atom stereocenters. The molecule has 5 heteroatoms.